The molecule has 0 aromatic carbocycles. The molecule has 0 aromatic heterocycles. The van der Waals surface area contributed by atoms with Gasteiger partial charge in [-0.05, 0) is 33.1 Å². The molecule has 0 bridgehead atoms. The number of aliphatic hydroxyl groups is 5. The number of rotatable bonds is 21. The molecule has 13 nitrogen and oxygen atoms in total. The molecule has 2 rings (SSSR count). The van der Waals surface area contributed by atoms with Crippen LogP contribution in [0.5, 0.6) is 0 Å². The van der Waals surface area contributed by atoms with Crippen LogP contribution in [0.25, 0.3) is 0 Å². The van der Waals surface area contributed by atoms with Crippen molar-refractivity contribution >= 4 is 11.9 Å². The van der Waals surface area contributed by atoms with E-state index < -0.39 is 85.6 Å². The second-order valence-electron chi connectivity index (χ2n) is 12.6. The molecule has 2 aliphatic heterocycles. The minimum Gasteiger partial charge on any atom is -0.481 e. The number of esters is 1. The molecule has 0 radical (unpaired) electrons. The maximum atomic E-state index is 13.1. The monoisotopic (exact) mass is 650 g/mol. The second kappa shape index (κ2) is 20.7. The van der Waals surface area contributed by atoms with Crippen LogP contribution in [0, 0.1) is 0 Å². The number of ether oxygens (including phenoxy) is 5. The molecule has 0 amide bonds. The zero-order valence-corrected chi connectivity index (χ0v) is 27.4. The van der Waals surface area contributed by atoms with Crippen molar-refractivity contribution in [2.45, 2.75) is 191 Å². The van der Waals surface area contributed by atoms with E-state index in [2.05, 4.69) is 13.8 Å². The fourth-order valence-electron chi connectivity index (χ4n) is 5.71. The van der Waals surface area contributed by atoms with E-state index in [1.807, 2.05) is 0 Å². The van der Waals surface area contributed by atoms with Crippen molar-refractivity contribution in [3.05, 3.63) is 0 Å². The van der Waals surface area contributed by atoms with Gasteiger partial charge in [0.25, 0.3) is 0 Å². The molecular formula is C32H58O13. The van der Waals surface area contributed by atoms with Gasteiger partial charge in [0, 0.05) is 0 Å². The van der Waals surface area contributed by atoms with Crippen LogP contribution in [0.3, 0.4) is 0 Å². The fourth-order valence-corrected chi connectivity index (χ4v) is 5.71. The molecule has 12 atom stereocenters. The van der Waals surface area contributed by atoms with E-state index in [-0.39, 0.29) is 12.8 Å². The third kappa shape index (κ3) is 13.3. The van der Waals surface area contributed by atoms with Crippen LogP contribution in [0.4, 0.5) is 0 Å². The Morgan fingerprint density at radius 3 is 1.71 bits per heavy atom. The highest BCUT2D eigenvalue weighted by Crippen LogP contribution is 2.31. The maximum Gasteiger partial charge on any atom is 0.308 e. The molecular weight excluding hydrogens is 592 g/mol. The lowest BCUT2D eigenvalue weighted by molar-refractivity contribution is -0.366. The molecule has 2 saturated heterocycles. The average molecular weight is 651 g/mol. The number of aliphatic hydroxyl groups excluding tert-OH is 5. The Morgan fingerprint density at radius 2 is 1.16 bits per heavy atom. The van der Waals surface area contributed by atoms with Crippen LogP contribution in [0.2, 0.25) is 0 Å². The van der Waals surface area contributed by atoms with Gasteiger partial charge >= 0.3 is 11.9 Å². The third-order valence-electron chi connectivity index (χ3n) is 8.56. The highest BCUT2D eigenvalue weighted by atomic mass is 16.8. The van der Waals surface area contributed by atoms with E-state index in [1.165, 1.54) is 6.92 Å². The summed E-state index contributed by atoms with van der Waals surface area (Å²) in [6.45, 7) is 7.24. The lowest BCUT2D eigenvalue weighted by atomic mass is 9.97. The first-order chi connectivity index (χ1) is 21.4. The number of hydrogen-bond donors (Lipinski definition) is 6. The smallest absolute Gasteiger partial charge is 0.308 e. The molecule has 6 N–H and O–H groups in total. The number of carbonyl (C=O) groups is 2. The van der Waals surface area contributed by atoms with Gasteiger partial charge in [0.2, 0.25) is 0 Å². The first kappa shape index (κ1) is 39.8. The second-order valence-corrected chi connectivity index (χ2v) is 12.6. The van der Waals surface area contributed by atoms with Crippen LogP contribution in [0.15, 0.2) is 0 Å². The topological polar surface area (TPSA) is 202 Å². The summed E-state index contributed by atoms with van der Waals surface area (Å²) in [6.07, 6.45) is -5.07. The number of carboxylic acids is 1. The van der Waals surface area contributed by atoms with E-state index in [0.717, 1.165) is 64.2 Å². The van der Waals surface area contributed by atoms with E-state index in [4.69, 9.17) is 23.7 Å². The van der Waals surface area contributed by atoms with Gasteiger partial charge in [-0.2, -0.15) is 0 Å². The van der Waals surface area contributed by atoms with Gasteiger partial charge in [0.15, 0.2) is 12.6 Å². The Hall–Kier alpha value is -1.42. The zero-order valence-electron chi connectivity index (χ0n) is 27.4. The van der Waals surface area contributed by atoms with Crippen LogP contribution < -0.4 is 0 Å². The molecule has 2 fully saturated rings. The third-order valence-corrected chi connectivity index (χ3v) is 8.56. The summed E-state index contributed by atoms with van der Waals surface area (Å²) in [5.74, 6) is -1.67. The number of carboxylic acid groups (broad SMARTS) is 1. The number of hydrogen-bond acceptors (Lipinski definition) is 12. The predicted octanol–water partition coefficient (Wildman–Crippen LogP) is 2.55. The van der Waals surface area contributed by atoms with Crippen LogP contribution in [-0.2, 0) is 33.3 Å². The fraction of sp³-hybridized carbons (Fsp3) is 0.938. The van der Waals surface area contributed by atoms with Gasteiger partial charge in [-0.3, -0.25) is 9.59 Å². The van der Waals surface area contributed by atoms with Crippen LogP contribution >= 0.6 is 0 Å². The molecule has 0 spiro atoms. The van der Waals surface area contributed by atoms with Crippen LogP contribution in [-0.4, -0.2) is 116 Å². The molecule has 2 heterocycles. The molecule has 13 heteroatoms. The predicted molar refractivity (Wildman–Crippen MR) is 162 cm³/mol. The SMILES string of the molecule is CCCCCCCC(CC(=O)O)OC(=O)C[C@@H](CCCCCCC)O[C@@H]1OC(C)[C@H](O)[C@H](O)C1O[C@@H]1OC(C)[C@H](O)[C@H](O)C1O. The molecule has 2 aliphatic rings. The van der Waals surface area contributed by atoms with Crippen molar-refractivity contribution in [3.8, 4) is 0 Å². The molecule has 0 aliphatic carbocycles. The molecule has 5 unspecified atom stereocenters. The Labute approximate surface area is 267 Å². The number of aliphatic carboxylic acids is 1. The van der Waals surface area contributed by atoms with Gasteiger partial charge in [-0.15, -0.1) is 0 Å². The van der Waals surface area contributed by atoms with Crippen molar-refractivity contribution < 1.29 is 63.9 Å². The van der Waals surface area contributed by atoms with Crippen molar-refractivity contribution in [1.82, 2.24) is 0 Å². The van der Waals surface area contributed by atoms with Crippen molar-refractivity contribution in [2.75, 3.05) is 0 Å². The highest BCUT2D eigenvalue weighted by Gasteiger charge is 2.50. The largest absolute Gasteiger partial charge is 0.481 e. The Balaban J connectivity index is 2.16. The first-order valence-corrected chi connectivity index (χ1v) is 16.8. The average Bonchev–Trinajstić information content (AvgIpc) is 2.98. The Bertz CT molecular complexity index is 844. The summed E-state index contributed by atoms with van der Waals surface area (Å²) < 4.78 is 29.1. The van der Waals surface area contributed by atoms with Crippen molar-refractivity contribution in [2.24, 2.45) is 0 Å². The Kier molecular flexibility index (Phi) is 18.3. The summed E-state index contributed by atoms with van der Waals surface area (Å²) in [5, 5.41) is 61.7. The summed E-state index contributed by atoms with van der Waals surface area (Å²) in [5.41, 5.74) is 0. The first-order valence-electron chi connectivity index (χ1n) is 16.8. The van der Waals surface area contributed by atoms with E-state index >= 15 is 0 Å². The van der Waals surface area contributed by atoms with E-state index in [1.54, 1.807) is 6.92 Å². The molecule has 0 aromatic rings. The zero-order chi connectivity index (χ0) is 33.5. The summed E-state index contributed by atoms with van der Waals surface area (Å²) in [4.78, 5) is 24.6. The molecule has 0 saturated carbocycles. The van der Waals surface area contributed by atoms with E-state index in [9.17, 15) is 40.2 Å². The highest BCUT2D eigenvalue weighted by molar-refractivity contribution is 5.72. The maximum absolute atomic E-state index is 13.1. The van der Waals surface area contributed by atoms with Crippen LogP contribution in [0.1, 0.15) is 118 Å². The minimum atomic E-state index is -1.67. The standard InChI is InChI=1S/C32H58O13/c1-5-7-9-11-13-15-21(17-23(33)34)43-24(35)18-22(16-14-12-10-8-6-2)44-32-30(28(39)26(37)20(4)42-32)45-31-29(40)27(38)25(36)19(3)41-31/h19-22,25-32,36-40H,5-18H2,1-4H3,(H,33,34)/t19?,20?,21?,22-,25+,26+,27+,28+,29?,30?,31+,32+/m1/s1. The number of unbranched alkanes of at least 4 members (excludes halogenated alkanes) is 8. The van der Waals surface area contributed by atoms with Gasteiger partial charge in [0.1, 0.15) is 42.7 Å². The van der Waals surface area contributed by atoms with Gasteiger partial charge in [0.05, 0.1) is 31.2 Å². The summed E-state index contributed by atoms with van der Waals surface area (Å²) in [7, 11) is 0. The van der Waals surface area contributed by atoms with Crippen molar-refractivity contribution in [1.29, 1.82) is 0 Å². The van der Waals surface area contributed by atoms with E-state index in [0.29, 0.717) is 12.8 Å². The lowest BCUT2D eigenvalue weighted by Gasteiger charge is -2.46. The lowest BCUT2D eigenvalue weighted by Crippen LogP contribution is -2.63. The Morgan fingerprint density at radius 1 is 0.644 bits per heavy atom. The number of carbonyl (C=O) groups excluding carboxylic acids is 1. The molecule has 45 heavy (non-hydrogen) atoms. The minimum absolute atomic E-state index is 0.205. The van der Waals surface area contributed by atoms with Gasteiger partial charge < -0.3 is 54.3 Å². The summed E-state index contributed by atoms with van der Waals surface area (Å²) >= 11 is 0. The normalized spacial score (nSPS) is 33.4. The molecule has 264 valence electrons. The van der Waals surface area contributed by atoms with Crippen molar-refractivity contribution in [3.63, 3.8) is 0 Å². The van der Waals surface area contributed by atoms with Gasteiger partial charge in [-0.25, -0.2) is 0 Å². The quantitative estimate of drug-likeness (QED) is 0.0782. The van der Waals surface area contributed by atoms with Gasteiger partial charge in [-0.1, -0.05) is 71.6 Å². The summed E-state index contributed by atoms with van der Waals surface area (Å²) in [6, 6.07) is 0.